The molecule has 0 N–H and O–H groups in total. The molecule has 1 fully saturated rings. The minimum absolute atomic E-state index is 0.0622. The van der Waals surface area contributed by atoms with Crippen LogP contribution in [-0.2, 0) is 20.9 Å². The summed E-state index contributed by atoms with van der Waals surface area (Å²) in [5.74, 6) is 0.282. The molecule has 0 bridgehead atoms. The Bertz CT molecular complexity index is 475. The zero-order valence-corrected chi connectivity index (χ0v) is 13.5. The van der Waals surface area contributed by atoms with Gasteiger partial charge >= 0.3 is 127 Å². The van der Waals surface area contributed by atoms with Crippen LogP contribution in [0, 0.1) is 5.92 Å². The van der Waals surface area contributed by atoms with Gasteiger partial charge in [0.05, 0.1) is 0 Å². The second kappa shape index (κ2) is 7.02. The summed E-state index contributed by atoms with van der Waals surface area (Å²) in [6, 6.07) is 9.90. The number of carbonyl (C=O) groups excluding carboxylic acids is 1. The van der Waals surface area contributed by atoms with E-state index in [1.165, 1.54) is 0 Å². The molecule has 1 amide bonds. The van der Waals surface area contributed by atoms with E-state index in [0.29, 0.717) is 23.9 Å². The molecule has 1 atom stereocenters. The van der Waals surface area contributed by atoms with Crippen molar-refractivity contribution >= 4 is 26.2 Å². The maximum absolute atomic E-state index is 12.2. The monoisotopic (exact) mass is 343 g/mol. The molecule has 0 radical (unpaired) electrons. The summed E-state index contributed by atoms with van der Waals surface area (Å²) in [5.41, 5.74) is 1.06. The van der Waals surface area contributed by atoms with Crippen molar-refractivity contribution in [3.05, 3.63) is 35.9 Å². The normalized spacial score (nSPS) is 18.4. The molecule has 0 saturated carbocycles. The van der Waals surface area contributed by atoms with E-state index in [9.17, 15) is 4.79 Å². The SMILES string of the molecule is CC(C)[C@H]1CO[13C](=[Se])N1C(=O)[13CH2]OCc1ccccc1. The number of ether oxygens (including phenoxy) is 2. The first kappa shape index (κ1) is 15.2. The molecule has 4 nitrogen and oxygen atoms in total. The summed E-state index contributed by atoms with van der Waals surface area (Å²) in [6.45, 7) is 5.21. The number of hydrogen-bond donors (Lipinski definition) is 0. The number of nitrogens with zero attached hydrogens (tertiary/aromatic N) is 1. The van der Waals surface area contributed by atoms with Crippen LogP contribution in [0.5, 0.6) is 0 Å². The Morgan fingerprint density at radius 3 is 2.80 bits per heavy atom. The Hall–Kier alpha value is -1.16. The van der Waals surface area contributed by atoms with Gasteiger partial charge in [-0.1, -0.05) is 0 Å². The number of hydrogen-bond acceptors (Lipinski definition) is 3. The molecule has 1 saturated heterocycles. The van der Waals surface area contributed by atoms with Gasteiger partial charge in [0.2, 0.25) is 0 Å². The summed E-state index contributed by atoms with van der Waals surface area (Å²) in [7, 11) is 0. The van der Waals surface area contributed by atoms with Crippen molar-refractivity contribution in [1.82, 2.24) is 4.90 Å². The molecule has 1 aliphatic rings. The Labute approximate surface area is 127 Å². The van der Waals surface area contributed by atoms with Gasteiger partial charge in [0.25, 0.3) is 0 Å². The topological polar surface area (TPSA) is 38.8 Å². The third kappa shape index (κ3) is 3.69. The zero-order valence-electron chi connectivity index (χ0n) is 11.7. The second-order valence-electron chi connectivity index (χ2n) is 5.13. The number of carbonyl (C=O) groups is 1. The summed E-state index contributed by atoms with van der Waals surface area (Å²) >= 11 is 2.81. The summed E-state index contributed by atoms with van der Waals surface area (Å²) < 4.78 is 11.5. The summed E-state index contributed by atoms with van der Waals surface area (Å²) in [4.78, 5) is 13.9. The fraction of sp³-hybridized carbons (Fsp3) is 0.467. The quantitative estimate of drug-likeness (QED) is 0.599. The molecular weight excluding hydrogens is 323 g/mol. The zero-order chi connectivity index (χ0) is 14.5. The van der Waals surface area contributed by atoms with Gasteiger partial charge in [-0.25, -0.2) is 0 Å². The van der Waals surface area contributed by atoms with Crippen molar-refractivity contribution in [2.45, 2.75) is 26.5 Å². The first-order valence-corrected chi connectivity index (χ1v) is 7.55. The summed E-state index contributed by atoms with van der Waals surface area (Å²) in [6.07, 6.45) is 0. The Morgan fingerprint density at radius 1 is 1.45 bits per heavy atom. The van der Waals surface area contributed by atoms with Crippen LogP contribution < -0.4 is 0 Å². The van der Waals surface area contributed by atoms with Crippen LogP contribution >= 0.6 is 0 Å². The van der Waals surface area contributed by atoms with Gasteiger partial charge in [-0.15, -0.1) is 0 Å². The Balaban J connectivity index is 1.86. The summed E-state index contributed by atoms with van der Waals surface area (Å²) in [5, 5.41) is 0. The molecular formula is C15H19NO3Se. The molecule has 1 heterocycles. The molecule has 1 aromatic carbocycles. The average Bonchev–Trinajstić information content (AvgIpc) is 2.82. The van der Waals surface area contributed by atoms with Gasteiger partial charge in [-0.05, 0) is 0 Å². The van der Waals surface area contributed by atoms with Gasteiger partial charge in [0, 0.05) is 0 Å². The third-order valence-corrected chi connectivity index (χ3v) is 3.94. The molecule has 1 aliphatic heterocycles. The average molecular weight is 342 g/mol. The van der Waals surface area contributed by atoms with E-state index in [0.717, 1.165) is 5.56 Å². The van der Waals surface area contributed by atoms with Crippen molar-refractivity contribution in [2.75, 3.05) is 13.2 Å². The standard InChI is InChI=1S/C15H19NO3Se/c1-11(2)13-9-19-15(20)16(13)14(17)10-18-8-12-6-4-3-5-7-12/h3-7,11,13H,8-10H2,1-2H3/t13-/m1/s1/i10+1,15+1. The van der Waals surface area contributed by atoms with Crippen molar-refractivity contribution in [3.63, 3.8) is 0 Å². The molecule has 0 unspecified atom stereocenters. The van der Waals surface area contributed by atoms with E-state index < -0.39 is 0 Å². The maximum atomic E-state index is 12.2. The fourth-order valence-electron chi connectivity index (χ4n) is 2.11. The van der Waals surface area contributed by atoms with E-state index in [-0.39, 0.29) is 18.6 Å². The predicted molar refractivity (Wildman–Crippen MR) is 78.3 cm³/mol. The molecule has 20 heavy (non-hydrogen) atoms. The Morgan fingerprint density at radius 2 is 2.15 bits per heavy atom. The van der Waals surface area contributed by atoms with E-state index in [2.05, 4.69) is 29.4 Å². The van der Waals surface area contributed by atoms with E-state index in [1.54, 1.807) is 4.90 Å². The predicted octanol–water partition coefficient (Wildman–Crippen LogP) is 1.34. The molecule has 5 heteroatoms. The Kier molecular flexibility index (Phi) is 5.35. The van der Waals surface area contributed by atoms with Crippen molar-refractivity contribution in [3.8, 4) is 0 Å². The first-order chi connectivity index (χ1) is 9.59. The van der Waals surface area contributed by atoms with Crippen molar-refractivity contribution in [1.29, 1.82) is 0 Å². The van der Waals surface area contributed by atoms with Gasteiger partial charge < -0.3 is 0 Å². The van der Waals surface area contributed by atoms with Gasteiger partial charge in [0.1, 0.15) is 0 Å². The van der Waals surface area contributed by atoms with Crippen LogP contribution in [0.15, 0.2) is 30.3 Å². The molecule has 0 spiro atoms. The van der Waals surface area contributed by atoms with E-state index in [1.807, 2.05) is 30.3 Å². The molecule has 0 aromatic heterocycles. The van der Waals surface area contributed by atoms with Crippen LogP contribution in [0.25, 0.3) is 0 Å². The van der Waals surface area contributed by atoms with Gasteiger partial charge in [-0.3, -0.25) is 0 Å². The minimum atomic E-state index is -0.0640. The third-order valence-electron chi connectivity index (χ3n) is 3.28. The fourth-order valence-corrected chi connectivity index (χ4v) is 2.75. The number of benzene rings is 1. The number of amides is 1. The van der Waals surface area contributed by atoms with Crippen LogP contribution in [0.3, 0.4) is 0 Å². The van der Waals surface area contributed by atoms with Crippen LogP contribution in [-0.4, -0.2) is 50.4 Å². The molecule has 2 rings (SSSR count). The van der Waals surface area contributed by atoms with E-state index in [4.69, 9.17) is 9.47 Å². The van der Waals surface area contributed by atoms with Crippen molar-refractivity contribution < 1.29 is 14.3 Å². The first-order valence-electron chi connectivity index (χ1n) is 6.70. The van der Waals surface area contributed by atoms with Crippen LogP contribution in [0.2, 0.25) is 0 Å². The number of rotatable bonds is 5. The second-order valence-corrected chi connectivity index (χ2v) is 5.86. The molecule has 0 aliphatic carbocycles. The van der Waals surface area contributed by atoms with Gasteiger partial charge in [0.15, 0.2) is 0 Å². The molecule has 108 valence electrons. The van der Waals surface area contributed by atoms with Crippen LogP contribution in [0.4, 0.5) is 0 Å². The van der Waals surface area contributed by atoms with Crippen LogP contribution in [0.1, 0.15) is 19.4 Å². The van der Waals surface area contributed by atoms with E-state index >= 15 is 0 Å². The van der Waals surface area contributed by atoms with Gasteiger partial charge in [-0.2, -0.15) is 0 Å². The van der Waals surface area contributed by atoms with Crippen molar-refractivity contribution in [2.24, 2.45) is 5.92 Å². The molecule has 1 aromatic rings.